The van der Waals surface area contributed by atoms with Gasteiger partial charge in [-0.3, -0.25) is 4.79 Å². The van der Waals surface area contributed by atoms with Crippen molar-refractivity contribution in [3.8, 4) is 0 Å². The third-order valence-corrected chi connectivity index (χ3v) is 2.70. The fraction of sp³-hybridized carbons (Fsp3) is 0.667. The van der Waals surface area contributed by atoms with Crippen LogP contribution in [0.15, 0.2) is 10.6 Å². The minimum absolute atomic E-state index is 0.0340. The minimum atomic E-state index is -0.317. The van der Waals surface area contributed by atoms with Crippen molar-refractivity contribution < 1.29 is 14.1 Å². The zero-order valence-electron chi connectivity index (χ0n) is 10.7. The molecule has 17 heavy (non-hydrogen) atoms. The second-order valence-electron chi connectivity index (χ2n) is 5.21. The van der Waals surface area contributed by atoms with Crippen LogP contribution in [0.4, 0.5) is 0 Å². The highest BCUT2D eigenvalue weighted by molar-refractivity contribution is 5.91. The third-order valence-electron chi connectivity index (χ3n) is 2.70. The molecule has 0 N–H and O–H groups in total. The fourth-order valence-electron chi connectivity index (χ4n) is 2.23. The van der Waals surface area contributed by atoms with Crippen molar-refractivity contribution in [2.45, 2.75) is 39.4 Å². The van der Waals surface area contributed by atoms with Crippen LogP contribution < -0.4 is 0 Å². The summed E-state index contributed by atoms with van der Waals surface area (Å²) in [4.78, 5) is 13.9. The summed E-state index contributed by atoms with van der Waals surface area (Å²) in [5.41, 5.74) is 0.400. The predicted octanol–water partition coefficient (Wildman–Crippen LogP) is 1.62. The molecule has 1 aliphatic rings. The SMILES string of the molecule is Cc1cc(C(=O)N2CC(C)OC(C)(C)C2)on1. The number of amides is 1. The molecule has 0 bridgehead atoms. The lowest BCUT2D eigenvalue weighted by Gasteiger charge is -2.41. The van der Waals surface area contributed by atoms with Crippen LogP contribution in [0.2, 0.25) is 0 Å². The number of carbonyl (C=O) groups is 1. The Labute approximate surface area is 101 Å². The number of aryl methyl sites for hydroxylation is 1. The van der Waals surface area contributed by atoms with E-state index in [1.54, 1.807) is 17.9 Å². The van der Waals surface area contributed by atoms with Crippen molar-refractivity contribution in [3.05, 3.63) is 17.5 Å². The van der Waals surface area contributed by atoms with E-state index in [4.69, 9.17) is 9.26 Å². The van der Waals surface area contributed by atoms with Crippen LogP contribution in [-0.4, -0.2) is 40.8 Å². The Morgan fingerprint density at radius 1 is 1.59 bits per heavy atom. The van der Waals surface area contributed by atoms with Gasteiger partial charge in [0.15, 0.2) is 0 Å². The maximum Gasteiger partial charge on any atom is 0.292 e. The summed E-state index contributed by atoms with van der Waals surface area (Å²) in [7, 11) is 0. The van der Waals surface area contributed by atoms with E-state index < -0.39 is 0 Å². The van der Waals surface area contributed by atoms with E-state index in [9.17, 15) is 4.79 Å². The largest absolute Gasteiger partial charge is 0.369 e. The van der Waals surface area contributed by atoms with Gasteiger partial charge in [-0.25, -0.2) is 0 Å². The molecule has 0 aliphatic carbocycles. The molecule has 1 saturated heterocycles. The van der Waals surface area contributed by atoms with Gasteiger partial charge < -0.3 is 14.2 Å². The van der Waals surface area contributed by atoms with Crippen LogP contribution in [0.3, 0.4) is 0 Å². The monoisotopic (exact) mass is 238 g/mol. The van der Waals surface area contributed by atoms with Crippen LogP contribution >= 0.6 is 0 Å². The number of rotatable bonds is 1. The minimum Gasteiger partial charge on any atom is -0.369 e. The zero-order chi connectivity index (χ0) is 12.6. The lowest BCUT2D eigenvalue weighted by Crippen LogP contribution is -2.53. The number of aromatic nitrogens is 1. The highest BCUT2D eigenvalue weighted by Crippen LogP contribution is 2.22. The molecule has 5 nitrogen and oxygen atoms in total. The quantitative estimate of drug-likeness (QED) is 0.746. The Hall–Kier alpha value is -1.36. The summed E-state index contributed by atoms with van der Waals surface area (Å²) in [5.74, 6) is 0.182. The summed E-state index contributed by atoms with van der Waals surface area (Å²) in [6, 6.07) is 1.66. The Balaban J connectivity index is 2.14. The lowest BCUT2D eigenvalue weighted by atomic mass is 10.1. The summed E-state index contributed by atoms with van der Waals surface area (Å²) in [6.45, 7) is 8.88. The first-order valence-corrected chi connectivity index (χ1v) is 5.78. The number of nitrogens with zero attached hydrogens (tertiary/aromatic N) is 2. The Morgan fingerprint density at radius 2 is 2.29 bits per heavy atom. The summed E-state index contributed by atoms with van der Waals surface area (Å²) in [5, 5.41) is 3.73. The number of hydrogen-bond donors (Lipinski definition) is 0. The second-order valence-corrected chi connectivity index (χ2v) is 5.21. The van der Waals surface area contributed by atoms with E-state index in [2.05, 4.69) is 5.16 Å². The van der Waals surface area contributed by atoms with Crippen molar-refractivity contribution >= 4 is 5.91 Å². The van der Waals surface area contributed by atoms with Crippen molar-refractivity contribution in [3.63, 3.8) is 0 Å². The molecule has 0 radical (unpaired) electrons. The Bertz CT molecular complexity index is 425. The van der Waals surface area contributed by atoms with E-state index in [0.29, 0.717) is 24.5 Å². The van der Waals surface area contributed by atoms with Gasteiger partial charge >= 0.3 is 0 Å². The maximum absolute atomic E-state index is 12.2. The highest BCUT2D eigenvalue weighted by Gasteiger charge is 2.35. The molecule has 1 aromatic rings. The standard InChI is InChI=1S/C12H18N2O3/c1-8-5-10(17-13-8)11(15)14-6-9(2)16-12(3,4)7-14/h5,9H,6-7H2,1-4H3. The normalized spacial score (nSPS) is 23.8. The first-order valence-electron chi connectivity index (χ1n) is 5.78. The molecule has 1 amide bonds. The summed E-state index contributed by atoms with van der Waals surface area (Å²) in [6.07, 6.45) is 0.0340. The smallest absolute Gasteiger partial charge is 0.292 e. The van der Waals surface area contributed by atoms with E-state index in [-0.39, 0.29) is 17.6 Å². The van der Waals surface area contributed by atoms with Crippen LogP contribution in [0.1, 0.15) is 37.0 Å². The van der Waals surface area contributed by atoms with Crippen molar-refractivity contribution in [1.29, 1.82) is 0 Å². The molecular weight excluding hydrogens is 220 g/mol. The van der Waals surface area contributed by atoms with Crippen LogP contribution in [0.5, 0.6) is 0 Å². The molecule has 2 heterocycles. The van der Waals surface area contributed by atoms with E-state index in [0.717, 1.165) is 0 Å². The van der Waals surface area contributed by atoms with E-state index in [1.807, 2.05) is 20.8 Å². The first kappa shape index (κ1) is 12.1. The molecule has 2 rings (SSSR count). The number of ether oxygens (including phenoxy) is 1. The molecule has 1 aliphatic heterocycles. The van der Waals surface area contributed by atoms with E-state index in [1.165, 1.54) is 0 Å². The summed E-state index contributed by atoms with van der Waals surface area (Å²) < 4.78 is 10.8. The molecular formula is C12H18N2O3. The van der Waals surface area contributed by atoms with Gasteiger partial charge in [-0.15, -0.1) is 0 Å². The van der Waals surface area contributed by atoms with Crippen molar-refractivity contribution in [2.24, 2.45) is 0 Å². The topological polar surface area (TPSA) is 55.6 Å². The fourth-order valence-corrected chi connectivity index (χ4v) is 2.23. The van der Waals surface area contributed by atoms with Gasteiger partial charge in [0, 0.05) is 19.2 Å². The molecule has 1 unspecified atom stereocenters. The molecule has 1 atom stereocenters. The van der Waals surface area contributed by atoms with Gasteiger partial charge in [0.2, 0.25) is 5.76 Å². The second kappa shape index (κ2) is 4.14. The van der Waals surface area contributed by atoms with Crippen molar-refractivity contribution in [1.82, 2.24) is 10.1 Å². The van der Waals surface area contributed by atoms with Crippen LogP contribution in [0.25, 0.3) is 0 Å². The molecule has 1 fully saturated rings. The molecule has 94 valence electrons. The molecule has 1 aromatic heterocycles. The first-order chi connectivity index (χ1) is 7.87. The van der Waals surface area contributed by atoms with Gasteiger partial charge in [-0.2, -0.15) is 0 Å². The highest BCUT2D eigenvalue weighted by atomic mass is 16.5. The number of morpholine rings is 1. The van der Waals surface area contributed by atoms with Gasteiger partial charge in [-0.1, -0.05) is 5.16 Å². The van der Waals surface area contributed by atoms with Gasteiger partial charge in [-0.05, 0) is 27.7 Å². The van der Waals surface area contributed by atoms with Gasteiger partial charge in [0.05, 0.1) is 17.4 Å². The maximum atomic E-state index is 12.2. The lowest BCUT2D eigenvalue weighted by molar-refractivity contribution is -0.119. The molecule has 0 spiro atoms. The number of hydrogen-bond acceptors (Lipinski definition) is 4. The van der Waals surface area contributed by atoms with Gasteiger partial charge in [0.1, 0.15) is 0 Å². The zero-order valence-corrected chi connectivity index (χ0v) is 10.7. The third kappa shape index (κ3) is 2.66. The average molecular weight is 238 g/mol. The van der Waals surface area contributed by atoms with E-state index >= 15 is 0 Å². The molecule has 5 heteroatoms. The Morgan fingerprint density at radius 3 is 2.82 bits per heavy atom. The summed E-state index contributed by atoms with van der Waals surface area (Å²) >= 11 is 0. The van der Waals surface area contributed by atoms with Crippen LogP contribution in [-0.2, 0) is 4.74 Å². The van der Waals surface area contributed by atoms with Gasteiger partial charge in [0.25, 0.3) is 5.91 Å². The predicted molar refractivity (Wildman–Crippen MR) is 61.8 cm³/mol. The Kier molecular flexibility index (Phi) is 2.95. The average Bonchev–Trinajstić information content (AvgIpc) is 2.60. The number of carbonyl (C=O) groups excluding carboxylic acids is 1. The van der Waals surface area contributed by atoms with Crippen LogP contribution in [0, 0.1) is 6.92 Å². The molecule has 0 saturated carbocycles. The molecule has 0 aromatic carbocycles. The van der Waals surface area contributed by atoms with Crippen molar-refractivity contribution in [2.75, 3.05) is 13.1 Å².